The minimum Gasteiger partial charge on any atom is -0.378 e. The van der Waals surface area contributed by atoms with E-state index in [1.165, 1.54) is 4.57 Å². The van der Waals surface area contributed by atoms with Crippen molar-refractivity contribution in [2.24, 2.45) is 7.05 Å². The number of carbonyl (C=O) groups excluding carboxylic acids is 1. The van der Waals surface area contributed by atoms with Gasteiger partial charge in [-0.25, -0.2) is 4.98 Å². The highest BCUT2D eigenvalue weighted by molar-refractivity contribution is 6.30. The molecule has 0 saturated carbocycles. The van der Waals surface area contributed by atoms with E-state index in [0.717, 1.165) is 5.69 Å². The average Bonchev–Trinajstić information content (AvgIpc) is 3.00. The van der Waals surface area contributed by atoms with Gasteiger partial charge in [-0.15, -0.1) is 0 Å². The van der Waals surface area contributed by atoms with E-state index in [2.05, 4.69) is 5.32 Å². The lowest BCUT2D eigenvalue weighted by molar-refractivity contribution is -0.116. The number of hydrogen-bond acceptors (Lipinski definition) is 5. The van der Waals surface area contributed by atoms with Crippen LogP contribution >= 0.6 is 11.6 Å². The minimum atomic E-state index is -0.309. The summed E-state index contributed by atoms with van der Waals surface area (Å²) in [5.41, 5.74) is 2.42. The van der Waals surface area contributed by atoms with Crippen LogP contribution in [0.4, 0.5) is 11.6 Å². The maximum atomic E-state index is 13.3. The Bertz CT molecular complexity index is 1110. The Morgan fingerprint density at radius 3 is 2.62 bits per heavy atom. The van der Waals surface area contributed by atoms with E-state index in [1.54, 1.807) is 28.8 Å². The molecule has 1 saturated heterocycles. The Morgan fingerprint density at radius 2 is 1.93 bits per heavy atom. The normalized spacial score (nSPS) is 14.4. The van der Waals surface area contributed by atoms with Crippen molar-refractivity contribution >= 4 is 40.2 Å². The number of benzene rings is 1. The number of amides is 1. The molecule has 3 aromatic rings. The summed E-state index contributed by atoms with van der Waals surface area (Å²) >= 11 is 5.89. The van der Waals surface area contributed by atoms with Crippen LogP contribution in [0, 0.1) is 6.92 Å². The van der Waals surface area contributed by atoms with Gasteiger partial charge < -0.3 is 19.5 Å². The molecule has 1 aromatic carbocycles. The Balaban J connectivity index is 1.73. The first kappa shape index (κ1) is 19.5. The number of aryl methyl sites for hydroxylation is 2. The molecule has 0 radical (unpaired) electrons. The number of aromatic nitrogens is 3. The minimum absolute atomic E-state index is 0.138. The lowest BCUT2D eigenvalue weighted by atomic mass is 10.3. The zero-order valence-corrected chi connectivity index (χ0v) is 17.1. The number of anilines is 2. The van der Waals surface area contributed by atoms with Gasteiger partial charge in [0.25, 0.3) is 5.56 Å². The predicted molar refractivity (Wildman–Crippen MR) is 113 cm³/mol. The van der Waals surface area contributed by atoms with Gasteiger partial charge in [0.2, 0.25) is 11.9 Å². The van der Waals surface area contributed by atoms with Crippen LogP contribution in [-0.4, -0.2) is 46.3 Å². The van der Waals surface area contributed by atoms with Crippen LogP contribution in [-0.2, 0) is 23.1 Å². The maximum Gasteiger partial charge on any atom is 0.279 e. The van der Waals surface area contributed by atoms with Crippen molar-refractivity contribution in [1.82, 2.24) is 14.1 Å². The summed E-state index contributed by atoms with van der Waals surface area (Å²) in [6.07, 6.45) is 0. The van der Waals surface area contributed by atoms with Crippen molar-refractivity contribution in [2.75, 3.05) is 36.5 Å². The second kappa shape index (κ2) is 7.88. The second-order valence-electron chi connectivity index (χ2n) is 7.04. The van der Waals surface area contributed by atoms with E-state index >= 15 is 0 Å². The molecule has 1 aliphatic heterocycles. The van der Waals surface area contributed by atoms with Crippen molar-refractivity contribution in [2.45, 2.75) is 13.5 Å². The van der Waals surface area contributed by atoms with Gasteiger partial charge in [0.15, 0.2) is 0 Å². The van der Waals surface area contributed by atoms with Gasteiger partial charge in [-0.2, -0.15) is 0 Å². The molecule has 1 N–H and O–H groups in total. The fourth-order valence-electron chi connectivity index (χ4n) is 3.46. The number of ether oxygens (including phenoxy) is 1. The van der Waals surface area contributed by atoms with Crippen LogP contribution in [0.2, 0.25) is 5.02 Å². The first-order valence-electron chi connectivity index (χ1n) is 9.39. The Kier molecular flexibility index (Phi) is 5.29. The fourth-order valence-corrected chi connectivity index (χ4v) is 3.59. The van der Waals surface area contributed by atoms with Crippen LogP contribution < -0.4 is 15.8 Å². The molecule has 1 fully saturated rings. The van der Waals surface area contributed by atoms with Gasteiger partial charge in [0.05, 0.1) is 18.7 Å². The summed E-state index contributed by atoms with van der Waals surface area (Å²) in [5.74, 6) is 0.179. The van der Waals surface area contributed by atoms with Crippen LogP contribution in [0.3, 0.4) is 0 Å². The standard InChI is InChI=1S/C20H22ClN5O3/c1-13-11-16-18(24(13)2)19(28)26(20(23-16)25-7-9-29-10-8-25)12-17(27)22-15-5-3-14(21)4-6-15/h3-6,11H,7-10,12H2,1-2H3,(H,22,27). The lowest BCUT2D eigenvalue weighted by Gasteiger charge is -2.29. The highest BCUT2D eigenvalue weighted by Gasteiger charge is 2.22. The Labute approximate surface area is 172 Å². The molecule has 1 aliphatic rings. The molecule has 152 valence electrons. The molecule has 0 unspecified atom stereocenters. The summed E-state index contributed by atoms with van der Waals surface area (Å²) < 4.78 is 8.67. The smallest absolute Gasteiger partial charge is 0.279 e. The Morgan fingerprint density at radius 1 is 1.24 bits per heavy atom. The molecule has 8 nitrogen and oxygen atoms in total. The zero-order chi connectivity index (χ0) is 20.5. The highest BCUT2D eigenvalue weighted by Crippen LogP contribution is 2.19. The molecule has 2 aromatic heterocycles. The Hall–Kier alpha value is -2.84. The van der Waals surface area contributed by atoms with Crippen molar-refractivity contribution < 1.29 is 9.53 Å². The van der Waals surface area contributed by atoms with Crippen molar-refractivity contribution in [1.29, 1.82) is 0 Å². The number of rotatable bonds is 4. The number of halogens is 1. The molecular weight excluding hydrogens is 394 g/mol. The molecule has 3 heterocycles. The molecule has 9 heteroatoms. The average molecular weight is 416 g/mol. The van der Waals surface area contributed by atoms with Gasteiger partial charge in [0, 0.05) is 36.5 Å². The molecule has 4 rings (SSSR count). The van der Waals surface area contributed by atoms with Gasteiger partial charge in [-0.1, -0.05) is 11.6 Å². The van der Waals surface area contributed by atoms with E-state index < -0.39 is 0 Å². The molecule has 0 atom stereocenters. The van der Waals surface area contributed by atoms with E-state index in [1.807, 2.05) is 24.9 Å². The van der Waals surface area contributed by atoms with E-state index in [9.17, 15) is 9.59 Å². The molecule has 1 amide bonds. The first-order chi connectivity index (χ1) is 13.9. The number of nitrogens with zero attached hydrogens (tertiary/aromatic N) is 4. The van der Waals surface area contributed by atoms with Crippen molar-refractivity contribution in [3.8, 4) is 0 Å². The summed E-state index contributed by atoms with van der Waals surface area (Å²) in [6, 6.07) is 8.71. The van der Waals surface area contributed by atoms with Crippen molar-refractivity contribution in [3.63, 3.8) is 0 Å². The number of morpholine rings is 1. The van der Waals surface area contributed by atoms with Crippen LogP contribution in [0.25, 0.3) is 11.0 Å². The SMILES string of the molecule is Cc1cc2nc(N3CCOCC3)n(CC(=O)Nc3ccc(Cl)cc3)c(=O)c2n1C. The largest absolute Gasteiger partial charge is 0.378 e. The topological polar surface area (TPSA) is 81.4 Å². The fraction of sp³-hybridized carbons (Fsp3) is 0.350. The van der Waals surface area contributed by atoms with E-state index in [0.29, 0.717) is 54.0 Å². The molecule has 0 aliphatic carbocycles. The summed E-state index contributed by atoms with van der Waals surface area (Å²) in [7, 11) is 1.83. The third kappa shape index (κ3) is 3.86. The molecule has 29 heavy (non-hydrogen) atoms. The second-order valence-corrected chi connectivity index (χ2v) is 7.47. The number of fused-ring (bicyclic) bond motifs is 1. The summed E-state index contributed by atoms with van der Waals surface area (Å²) in [4.78, 5) is 32.7. The van der Waals surface area contributed by atoms with Crippen molar-refractivity contribution in [3.05, 3.63) is 51.4 Å². The van der Waals surface area contributed by atoms with E-state index in [-0.39, 0.29) is 18.0 Å². The van der Waals surface area contributed by atoms with Crippen LogP contribution in [0.15, 0.2) is 35.1 Å². The highest BCUT2D eigenvalue weighted by atomic mass is 35.5. The number of nitrogens with one attached hydrogen (secondary N) is 1. The van der Waals surface area contributed by atoms with Crippen LogP contribution in [0.1, 0.15) is 5.69 Å². The van der Waals surface area contributed by atoms with Crippen LogP contribution in [0.5, 0.6) is 0 Å². The maximum absolute atomic E-state index is 13.3. The predicted octanol–water partition coefficient (Wildman–Crippen LogP) is 2.17. The number of carbonyl (C=O) groups is 1. The van der Waals surface area contributed by atoms with Gasteiger partial charge >= 0.3 is 0 Å². The molecule has 0 spiro atoms. The molecular formula is C20H22ClN5O3. The van der Waals surface area contributed by atoms with Gasteiger partial charge in [-0.3, -0.25) is 14.2 Å². The number of hydrogen-bond donors (Lipinski definition) is 1. The third-order valence-electron chi connectivity index (χ3n) is 5.09. The van der Waals surface area contributed by atoms with Gasteiger partial charge in [-0.05, 0) is 37.3 Å². The zero-order valence-electron chi connectivity index (χ0n) is 16.3. The summed E-state index contributed by atoms with van der Waals surface area (Å²) in [6.45, 7) is 4.12. The van der Waals surface area contributed by atoms with Gasteiger partial charge in [0.1, 0.15) is 12.1 Å². The quantitative estimate of drug-likeness (QED) is 0.706. The lowest BCUT2D eigenvalue weighted by Crippen LogP contribution is -2.42. The third-order valence-corrected chi connectivity index (χ3v) is 5.34. The van der Waals surface area contributed by atoms with E-state index in [4.69, 9.17) is 21.3 Å². The molecule has 0 bridgehead atoms. The summed E-state index contributed by atoms with van der Waals surface area (Å²) in [5, 5.41) is 3.39. The monoisotopic (exact) mass is 415 g/mol. The first-order valence-corrected chi connectivity index (χ1v) is 9.77.